The molecule has 0 aromatic heterocycles. The van der Waals surface area contributed by atoms with Crippen LogP contribution in [0.25, 0.3) is 0 Å². The Labute approximate surface area is 173 Å². The molecule has 1 saturated carbocycles. The maximum atomic E-state index is 12.4. The molecule has 0 aliphatic heterocycles. The average molecular weight is 425 g/mol. The summed E-state index contributed by atoms with van der Waals surface area (Å²) in [6.07, 6.45) is 2.13. The van der Waals surface area contributed by atoms with E-state index >= 15 is 0 Å². The highest BCUT2D eigenvalue weighted by molar-refractivity contribution is 7.89. The van der Waals surface area contributed by atoms with Crippen molar-refractivity contribution in [3.63, 3.8) is 0 Å². The number of carbonyl (C=O) groups excluding carboxylic acids is 2. The number of sulfonamides is 1. The van der Waals surface area contributed by atoms with Gasteiger partial charge in [0.2, 0.25) is 10.0 Å². The van der Waals surface area contributed by atoms with Gasteiger partial charge in [0.05, 0.1) is 4.90 Å². The second-order valence-corrected chi connectivity index (χ2v) is 9.85. The Morgan fingerprint density at radius 1 is 1.17 bits per heavy atom. The zero-order chi connectivity index (χ0) is 21.8. The third-order valence-corrected chi connectivity index (χ3v) is 7.31. The molecule has 1 aliphatic carbocycles. The van der Waals surface area contributed by atoms with Gasteiger partial charge in [0.25, 0.3) is 5.91 Å². The molecule has 1 amide bonds. The van der Waals surface area contributed by atoms with Crippen LogP contribution in [0.15, 0.2) is 23.1 Å². The van der Waals surface area contributed by atoms with E-state index in [0.29, 0.717) is 11.8 Å². The number of ether oxygens (including phenoxy) is 1. The van der Waals surface area contributed by atoms with E-state index in [2.05, 4.69) is 23.9 Å². The fraction of sp³-hybridized carbons (Fsp3) is 0.619. The Morgan fingerprint density at radius 2 is 1.86 bits per heavy atom. The highest BCUT2D eigenvalue weighted by Gasteiger charge is 2.30. The van der Waals surface area contributed by atoms with Crippen molar-refractivity contribution in [2.45, 2.75) is 70.9 Å². The first-order valence-corrected chi connectivity index (χ1v) is 11.6. The molecule has 0 saturated heterocycles. The number of esters is 1. The summed E-state index contributed by atoms with van der Waals surface area (Å²) >= 11 is 0. The van der Waals surface area contributed by atoms with Gasteiger partial charge >= 0.3 is 5.97 Å². The molecule has 2 N–H and O–H groups in total. The van der Waals surface area contributed by atoms with Gasteiger partial charge in [-0.05, 0) is 62.3 Å². The van der Waals surface area contributed by atoms with Crippen LogP contribution in [0.1, 0.15) is 51.2 Å². The van der Waals surface area contributed by atoms with Crippen molar-refractivity contribution in [3.05, 3.63) is 29.3 Å². The van der Waals surface area contributed by atoms with Gasteiger partial charge in [-0.25, -0.2) is 8.42 Å². The molecule has 0 unspecified atom stereocenters. The van der Waals surface area contributed by atoms with E-state index in [1.54, 1.807) is 12.1 Å². The molecule has 2 rings (SSSR count). The maximum Gasteiger partial charge on any atom is 0.321 e. The largest absolute Gasteiger partial charge is 0.452 e. The third kappa shape index (κ3) is 6.27. The van der Waals surface area contributed by atoms with Gasteiger partial charge in [0.1, 0.15) is 6.54 Å². The van der Waals surface area contributed by atoms with E-state index < -0.39 is 28.6 Å². The van der Waals surface area contributed by atoms with E-state index in [1.807, 2.05) is 13.8 Å². The topological polar surface area (TPSA) is 102 Å². The van der Waals surface area contributed by atoms with Crippen LogP contribution in [0.3, 0.4) is 0 Å². The molecular formula is C21H32N2O5S. The fourth-order valence-corrected chi connectivity index (χ4v) is 4.55. The molecule has 0 heterocycles. The number of carbonyl (C=O) groups is 2. The van der Waals surface area contributed by atoms with Crippen molar-refractivity contribution >= 4 is 21.9 Å². The van der Waals surface area contributed by atoms with Crippen LogP contribution in [-0.2, 0) is 24.3 Å². The molecule has 1 aromatic carbocycles. The van der Waals surface area contributed by atoms with Crippen molar-refractivity contribution in [1.29, 1.82) is 0 Å². The molecule has 4 atom stereocenters. The van der Waals surface area contributed by atoms with E-state index in [1.165, 1.54) is 13.0 Å². The van der Waals surface area contributed by atoms with E-state index in [-0.39, 0.29) is 16.8 Å². The first-order valence-electron chi connectivity index (χ1n) is 10.1. The van der Waals surface area contributed by atoms with Gasteiger partial charge < -0.3 is 10.1 Å². The van der Waals surface area contributed by atoms with Crippen LogP contribution in [0.5, 0.6) is 0 Å². The minimum atomic E-state index is -3.84. The van der Waals surface area contributed by atoms with Crippen LogP contribution >= 0.6 is 0 Å². The summed E-state index contributed by atoms with van der Waals surface area (Å²) in [7, 11) is -3.84. The van der Waals surface area contributed by atoms with Gasteiger partial charge in [0, 0.05) is 6.04 Å². The first kappa shape index (κ1) is 23.3. The first-order chi connectivity index (χ1) is 13.5. The standard InChI is InChI=1S/C21H32N2O5S/c1-13-9-10-18(11-15(13)3)29(26,27)22-12-20(24)28-17(5)21(25)23-19-8-6-7-14(2)16(19)4/h9-11,14,16-17,19,22H,6-8,12H2,1-5H3,(H,23,25)/t14-,16-,17-,19-/m0/s1. The molecule has 1 aromatic rings. The Balaban J connectivity index is 1.86. The predicted molar refractivity (Wildman–Crippen MR) is 111 cm³/mol. The Morgan fingerprint density at radius 3 is 2.52 bits per heavy atom. The van der Waals surface area contributed by atoms with Crippen molar-refractivity contribution in [2.24, 2.45) is 11.8 Å². The summed E-state index contributed by atoms with van der Waals surface area (Å²) in [5, 5.41) is 2.96. The van der Waals surface area contributed by atoms with Gasteiger partial charge in [-0.3, -0.25) is 9.59 Å². The zero-order valence-electron chi connectivity index (χ0n) is 17.8. The van der Waals surface area contributed by atoms with Gasteiger partial charge in [-0.2, -0.15) is 4.72 Å². The Kier molecular flexibility index (Phi) is 7.82. The lowest BCUT2D eigenvalue weighted by Crippen LogP contribution is -2.48. The van der Waals surface area contributed by atoms with Crippen LogP contribution in [0, 0.1) is 25.7 Å². The second-order valence-electron chi connectivity index (χ2n) is 8.09. The van der Waals surface area contributed by atoms with Crippen LogP contribution in [0.2, 0.25) is 0 Å². The quantitative estimate of drug-likeness (QED) is 0.655. The van der Waals surface area contributed by atoms with E-state index in [4.69, 9.17) is 4.74 Å². The molecule has 0 bridgehead atoms. The minimum Gasteiger partial charge on any atom is -0.452 e. The number of nitrogens with one attached hydrogen (secondary N) is 2. The number of hydrogen-bond acceptors (Lipinski definition) is 5. The lowest BCUT2D eigenvalue weighted by Gasteiger charge is -2.35. The zero-order valence-corrected chi connectivity index (χ0v) is 18.6. The van der Waals surface area contributed by atoms with Crippen molar-refractivity contribution in [1.82, 2.24) is 10.0 Å². The third-order valence-electron chi connectivity index (χ3n) is 5.91. The van der Waals surface area contributed by atoms with Crippen LogP contribution in [0.4, 0.5) is 0 Å². The molecule has 8 heteroatoms. The fourth-order valence-electron chi connectivity index (χ4n) is 3.50. The molecule has 1 aliphatic rings. The summed E-state index contributed by atoms with van der Waals surface area (Å²) in [6, 6.07) is 4.81. The van der Waals surface area contributed by atoms with Gasteiger partial charge in [-0.1, -0.05) is 32.8 Å². The molecule has 29 heavy (non-hydrogen) atoms. The summed E-state index contributed by atoms with van der Waals surface area (Å²) in [5.41, 5.74) is 1.82. The lowest BCUT2D eigenvalue weighted by atomic mass is 9.78. The molecule has 1 fully saturated rings. The van der Waals surface area contributed by atoms with Crippen molar-refractivity contribution < 1.29 is 22.7 Å². The van der Waals surface area contributed by atoms with Gasteiger partial charge in [0.15, 0.2) is 6.10 Å². The summed E-state index contributed by atoms with van der Waals surface area (Å²) < 4.78 is 32.0. The van der Waals surface area contributed by atoms with Crippen LogP contribution < -0.4 is 10.0 Å². The average Bonchev–Trinajstić information content (AvgIpc) is 2.66. The number of aryl methyl sites for hydroxylation is 2. The monoisotopic (exact) mass is 424 g/mol. The molecule has 7 nitrogen and oxygen atoms in total. The lowest BCUT2D eigenvalue weighted by molar-refractivity contribution is -0.154. The second kappa shape index (κ2) is 9.71. The highest BCUT2D eigenvalue weighted by atomic mass is 32.2. The molecular weight excluding hydrogens is 392 g/mol. The maximum absolute atomic E-state index is 12.4. The normalized spacial score (nSPS) is 23.3. The summed E-state index contributed by atoms with van der Waals surface area (Å²) in [5.74, 6) is -0.265. The minimum absolute atomic E-state index is 0.0654. The van der Waals surface area contributed by atoms with Crippen molar-refractivity contribution in [2.75, 3.05) is 6.54 Å². The summed E-state index contributed by atoms with van der Waals surface area (Å²) in [6.45, 7) is 8.95. The van der Waals surface area contributed by atoms with Crippen molar-refractivity contribution in [3.8, 4) is 0 Å². The van der Waals surface area contributed by atoms with E-state index in [9.17, 15) is 18.0 Å². The van der Waals surface area contributed by atoms with Gasteiger partial charge in [-0.15, -0.1) is 0 Å². The summed E-state index contributed by atoms with van der Waals surface area (Å²) in [4.78, 5) is 24.5. The Hall–Kier alpha value is -1.93. The smallest absolute Gasteiger partial charge is 0.321 e. The molecule has 162 valence electrons. The number of rotatable bonds is 7. The van der Waals surface area contributed by atoms with Crippen LogP contribution in [-0.4, -0.2) is 39.0 Å². The van der Waals surface area contributed by atoms with E-state index in [0.717, 1.165) is 30.4 Å². The predicted octanol–water partition coefficient (Wildman–Crippen LogP) is 2.45. The Bertz CT molecular complexity index is 853. The number of amides is 1. The molecule has 0 spiro atoms. The highest BCUT2D eigenvalue weighted by Crippen LogP contribution is 2.29. The number of benzene rings is 1. The molecule has 0 radical (unpaired) electrons. The SMILES string of the molecule is Cc1ccc(S(=O)(=O)NCC(=O)O[C@@H](C)C(=O)N[C@H]2CCC[C@H](C)[C@@H]2C)cc1C. The number of hydrogen-bond donors (Lipinski definition) is 2.